The molecule has 1 fully saturated rings. The highest BCUT2D eigenvalue weighted by Gasteiger charge is 2.44. The van der Waals surface area contributed by atoms with Crippen LogP contribution < -0.4 is 5.32 Å². The fourth-order valence-corrected chi connectivity index (χ4v) is 1.91. The topological polar surface area (TPSA) is 24.9 Å². The highest BCUT2D eigenvalue weighted by atomic mass is 32.1. The van der Waals surface area contributed by atoms with Gasteiger partial charge in [0.2, 0.25) is 0 Å². The zero-order valence-corrected chi connectivity index (χ0v) is 7.78. The molecule has 0 bridgehead atoms. The van der Waals surface area contributed by atoms with E-state index in [0.29, 0.717) is 6.54 Å². The number of rotatable bonds is 3. The lowest BCUT2D eigenvalue weighted by Gasteiger charge is -2.35. The lowest BCUT2D eigenvalue weighted by atomic mass is 9.88. The molecule has 0 spiro atoms. The minimum absolute atomic E-state index is 0.0166. The predicted molar refractivity (Wildman–Crippen MR) is 46.9 cm³/mol. The largest absolute Gasteiger partial charge is 0.309 e. The van der Waals surface area contributed by atoms with Crippen molar-refractivity contribution in [2.24, 2.45) is 0 Å². The van der Waals surface area contributed by atoms with Gasteiger partial charge in [-0.3, -0.25) is 0 Å². The molecule has 0 saturated heterocycles. The van der Waals surface area contributed by atoms with E-state index >= 15 is 0 Å². The summed E-state index contributed by atoms with van der Waals surface area (Å²) in [6, 6.07) is 1.88. The second-order valence-corrected chi connectivity index (χ2v) is 4.24. The van der Waals surface area contributed by atoms with E-state index < -0.39 is 5.92 Å². The smallest absolute Gasteiger partial charge is 0.251 e. The molecule has 1 aromatic rings. The Morgan fingerprint density at radius 3 is 2.92 bits per heavy atom. The third-order valence-electron chi connectivity index (χ3n) is 2.15. The Hall–Kier alpha value is -0.550. The fraction of sp³-hybridized carbons (Fsp3) is 0.625. The Labute approximate surface area is 79.1 Å². The van der Waals surface area contributed by atoms with E-state index in [0.717, 1.165) is 4.88 Å². The molecule has 1 aliphatic rings. The molecule has 0 aliphatic heterocycles. The molecule has 1 heterocycles. The average molecular weight is 204 g/mol. The summed E-state index contributed by atoms with van der Waals surface area (Å²) in [4.78, 5) is 1.09. The van der Waals surface area contributed by atoms with Crippen molar-refractivity contribution in [2.45, 2.75) is 31.4 Å². The van der Waals surface area contributed by atoms with Crippen LogP contribution in [0.5, 0.6) is 0 Å². The third kappa shape index (κ3) is 2.22. The van der Waals surface area contributed by atoms with Crippen LogP contribution in [0.2, 0.25) is 0 Å². The first-order valence-corrected chi connectivity index (χ1v) is 4.94. The van der Waals surface area contributed by atoms with Crippen LogP contribution >= 0.6 is 11.5 Å². The highest BCUT2D eigenvalue weighted by molar-refractivity contribution is 7.05. The molecular weight excluding hydrogens is 194 g/mol. The van der Waals surface area contributed by atoms with Crippen LogP contribution in [0, 0.1) is 0 Å². The Bertz CT molecular complexity index is 266. The van der Waals surface area contributed by atoms with Crippen molar-refractivity contribution in [1.29, 1.82) is 0 Å². The van der Waals surface area contributed by atoms with Crippen LogP contribution in [-0.2, 0) is 6.54 Å². The number of nitrogens with one attached hydrogen (secondary N) is 1. The van der Waals surface area contributed by atoms with Crippen LogP contribution in [0.15, 0.2) is 12.3 Å². The number of aromatic nitrogens is 1. The standard InChI is InChI=1S/C8H10F2N2S/c9-8(10)3-6(4-8)11-5-7-1-2-12-13-7/h1-2,6,11H,3-5H2. The molecule has 0 amide bonds. The van der Waals surface area contributed by atoms with E-state index in [1.54, 1.807) is 6.20 Å². The molecular formula is C8H10F2N2S. The zero-order chi connectivity index (χ0) is 9.31. The van der Waals surface area contributed by atoms with Gasteiger partial charge in [0.05, 0.1) is 0 Å². The predicted octanol–water partition coefficient (Wildman–Crippen LogP) is 2.03. The van der Waals surface area contributed by atoms with Crippen LogP contribution in [-0.4, -0.2) is 16.3 Å². The molecule has 1 aromatic heterocycles. The zero-order valence-electron chi connectivity index (χ0n) is 6.96. The summed E-state index contributed by atoms with van der Waals surface area (Å²) < 4.78 is 28.7. The average Bonchev–Trinajstić information content (AvgIpc) is 2.48. The molecule has 0 unspecified atom stereocenters. The van der Waals surface area contributed by atoms with Crippen molar-refractivity contribution in [2.75, 3.05) is 0 Å². The monoisotopic (exact) mass is 204 g/mol. The van der Waals surface area contributed by atoms with Crippen LogP contribution in [0.4, 0.5) is 8.78 Å². The molecule has 2 rings (SSSR count). The van der Waals surface area contributed by atoms with Gasteiger partial charge >= 0.3 is 0 Å². The summed E-state index contributed by atoms with van der Waals surface area (Å²) in [7, 11) is 0. The number of hydrogen-bond donors (Lipinski definition) is 1. The second kappa shape index (κ2) is 3.31. The summed E-state index contributed by atoms with van der Waals surface area (Å²) in [6.07, 6.45) is 1.68. The molecule has 0 radical (unpaired) electrons. The van der Waals surface area contributed by atoms with Crippen LogP contribution in [0.25, 0.3) is 0 Å². The van der Waals surface area contributed by atoms with Gasteiger partial charge in [-0.2, -0.15) is 0 Å². The quantitative estimate of drug-likeness (QED) is 0.814. The minimum Gasteiger partial charge on any atom is -0.309 e. The molecule has 5 heteroatoms. The molecule has 0 atom stereocenters. The molecule has 13 heavy (non-hydrogen) atoms. The number of alkyl halides is 2. The summed E-state index contributed by atoms with van der Waals surface area (Å²) in [6.45, 7) is 0.658. The van der Waals surface area contributed by atoms with Gasteiger partial charge in [0.15, 0.2) is 0 Å². The van der Waals surface area contributed by atoms with Gasteiger partial charge in [0.1, 0.15) is 0 Å². The van der Waals surface area contributed by atoms with Crippen molar-refractivity contribution >= 4 is 11.5 Å². The fourth-order valence-electron chi connectivity index (χ4n) is 1.38. The molecule has 2 nitrogen and oxygen atoms in total. The molecule has 1 N–H and O–H groups in total. The lowest BCUT2D eigenvalue weighted by Crippen LogP contribution is -2.48. The van der Waals surface area contributed by atoms with E-state index in [1.165, 1.54) is 11.5 Å². The summed E-state index contributed by atoms with van der Waals surface area (Å²) >= 11 is 1.40. The normalized spacial score (nSPS) is 21.4. The minimum atomic E-state index is -2.43. The van der Waals surface area contributed by atoms with E-state index in [1.807, 2.05) is 6.07 Å². The molecule has 1 saturated carbocycles. The van der Waals surface area contributed by atoms with Crippen molar-refractivity contribution in [3.63, 3.8) is 0 Å². The Balaban J connectivity index is 1.71. The van der Waals surface area contributed by atoms with Gasteiger partial charge in [0.25, 0.3) is 5.92 Å². The van der Waals surface area contributed by atoms with Gasteiger partial charge in [-0.1, -0.05) is 0 Å². The van der Waals surface area contributed by atoms with E-state index in [4.69, 9.17) is 0 Å². The van der Waals surface area contributed by atoms with E-state index in [-0.39, 0.29) is 18.9 Å². The van der Waals surface area contributed by atoms with Crippen molar-refractivity contribution in [3.8, 4) is 0 Å². The molecule has 72 valence electrons. The summed E-state index contributed by atoms with van der Waals surface area (Å²) in [5, 5.41) is 3.07. The van der Waals surface area contributed by atoms with Gasteiger partial charge in [0, 0.05) is 36.5 Å². The van der Waals surface area contributed by atoms with Crippen molar-refractivity contribution in [3.05, 3.63) is 17.1 Å². The number of halogens is 2. The Morgan fingerprint density at radius 2 is 2.38 bits per heavy atom. The van der Waals surface area contributed by atoms with Gasteiger partial charge in [-0.25, -0.2) is 13.2 Å². The van der Waals surface area contributed by atoms with E-state index in [9.17, 15) is 8.78 Å². The van der Waals surface area contributed by atoms with Crippen LogP contribution in [0.3, 0.4) is 0 Å². The highest BCUT2D eigenvalue weighted by Crippen LogP contribution is 2.37. The van der Waals surface area contributed by atoms with Crippen molar-refractivity contribution < 1.29 is 8.78 Å². The summed E-state index contributed by atoms with van der Waals surface area (Å²) in [5.41, 5.74) is 0. The number of hydrogen-bond acceptors (Lipinski definition) is 3. The Morgan fingerprint density at radius 1 is 1.62 bits per heavy atom. The second-order valence-electron chi connectivity index (χ2n) is 3.32. The molecule has 1 aliphatic carbocycles. The van der Waals surface area contributed by atoms with Gasteiger partial charge < -0.3 is 5.32 Å². The maximum absolute atomic E-state index is 12.4. The first-order chi connectivity index (χ1) is 6.16. The maximum atomic E-state index is 12.4. The van der Waals surface area contributed by atoms with Gasteiger partial charge in [-0.15, -0.1) is 0 Å². The third-order valence-corrected chi connectivity index (χ3v) is 2.89. The first-order valence-electron chi connectivity index (χ1n) is 4.16. The van der Waals surface area contributed by atoms with E-state index in [2.05, 4.69) is 9.69 Å². The SMILES string of the molecule is FC1(F)CC(NCc2ccns2)C1. The Kier molecular flexibility index (Phi) is 2.29. The summed E-state index contributed by atoms with van der Waals surface area (Å²) in [5.74, 6) is -2.43. The first kappa shape index (κ1) is 9.02. The maximum Gasteiger partial charge on any atom is 0.251 e. The molecule has 0 aromatic carbocycles. The lowest BCUT2D eigenvalue weighted by molar-refractivity contribution is -0.0929. The number of nitrogens with zero attached hydrogens (tertiary/aromatic N) is 1. The van der Waals surface area contributed by atoms with Gasteiger partial charge in [-0.05, 0) is 17.6 Å². The van der Waals surface area contributed by atoms with Crippen molar-refractivity contribution in [1.82, 2.24) is 9.69 Å². The van der Waals surface area contributed by atoms with Crippen LogP contribution in [0.1, 0.15) is 17.7 Å².